The van der Waals surface area contributed by atoms with Crippen molar-refractivity contribution in [2.75, 3.05) is 13.7 Å². The van der Waals surface area contributed by atoms with Crippen molar-refractivity contribution < 1.29 is 32.3 Å². The molecule has 0 spiro atoms. The maximum atomic E-state index is 14.0. The van der Waals surface area contributed by atoms with Crippen LogP contribution in [0.3, 0.4) is 0 Å². The molecule has 3 amide bonds. The van der Waals surface area contributed by atoms with E-state index in [1.54, 1.807) is 13.8 Å². The lowest BCUT2D eigenvalue weighted by Crippen LogP contribution is -2.60. The Morgan fingerprint density at radius 1 is 1.22 bits per heavy atom. The topological polar surface area (TPSA) is 128 Å². The van der Waals surface area contributed by atoms with E-state index in [1.165, 1.54) is 13.1 Å². The number of amides is 3. The summed E-state index contributed by atoms with van der Waals surface area (Å²) < 4.78 is 47.7. The summed E-state index contributed by atoms with van der Waals surface area (Å²) in [4.78, 5) is 36.3. The van der Waals surface area contributed by atoms with E-state index in [1.807, 2.05) is 0 Å². The summed E-state index contributed by atoms with van der Waals surface area (Å²) in [5.74, 6) is -0.580. The Kier molecular flexibility index (Phi) is 6.59. The van der Waals surface area contributed by atoms with Crippen LogP contribution in [0.2, 0.25) is 0 Å². The fourth-order valence-corrected chi connectivity index (χ4v) is 6.64. The number of nitrogens with zero attached hydrogens (tertiary/aromatic N) is 2. The molecule has 4 bridgehead atoms. The lowest BCUT2D eigenvalue weighted by molar-refractivity contribution is -0.142. The lowest BCUT2D eigenvalue weighted by Gasteiger charge is -2.59. The van der Waals surface area contributed by atoms with Crippen LogP contribution in [0.1, 0.15) is 62.0 Å². The highest BCUT2D eigenvalue weighted by Crippen LogP contribution is 2.60. The summed E-state index contributed by atoms with van der Waals surface area (Å²) in [6.07, 6.45) is 1.74. The number of rotatable bonds is 7. The Bertz CT molecular complexity index is 1060. The van der Waals surface area contributed by atoms with Gasteiger partial charge in [0.25, 0.3) is 5.91 Å². The average Bonchev–Trinajstić information content (AvgIpc) is 3.23. The van der Waals surface area contributed by atoms with Crippen LogP contribution >= 0.6 is 0 Å². The summed E-state index contributed by atoms with van der Waals surface area (Å²) in [5.41, 5.74) is 2.13. The Morgan fingerprint density at radius 2 is 1.86 bits per heavy atom. The van der Waals surface area contributed by atoms with Crippen molar-refractivity contribution in [2.24, 2.45) is 34.3 Å². The Balaban J connectivity index is 1.54. The van der Waals surface area contributed by atoms with Crippen LogP contribution in [0.15, 0.2) is 12.3 Å². The molecule has 198 valence electrons. The van der Waals surface area contributed by atoms with Gasteiger partial charge in [0, 0.05) is 24.7 Å². The van der Waals surface area contributed by atoms with Crippen molar-refractivity contribution in [1.82, 2.24) is 20.4 Å². The van der Waals surface area contributed by atoms with E-state index in [2.05, 4.69) is 15.7 Å². The summed E-state index contributed by atoms with van der Waals surface area (Å²) in [6.45, 7) is 3.34. The second kappa shape index (κ2) is 9.11. The fourth-order valence-electron chi connectivity index (χ4n) is 6.64. The van der Waals surface area contributed by atoms with Gasteiger partial charge in [-0.05, 0) is 63.7 Å². The van der Waals surface area contributed by atoms with Crippen LogP contribution in [-0.2, 0) is 15.7 Å². The number of ether oxygens (including phenoxy) is 1. The van der Waals surface area contributed by atoms with Gasteiger partial charge >= 0.3 is 12.3 Å². The maximum absolute atomic E-state index is 14.0. The first kappa shape index (κ1) is 26.0. The minimum Gasteiger partial charge on any atom is -0.449 e. The molecule has 2 unspecified atom stereocenters. The number of hydrogen-bond donors (Lipinski definition) is 3. The second-order valence-corrected chi connectivity index (χ2v) is 11.0. The number of halogens is 3. The predicted octanol–water partition coefficient (Wildman–Crippen LogP) is 3.16. The van der Waals surface area contributed by atoms with E-state index in [4.69, 9.17) is 10.5 Å². The van der Waals surface area contributed by atoms with E-state index >= 15 is 0 Å². The van der Waals surface area contributed by atoms with E-state index in [-0.39, 0.29) is 35.8 Å². The van der Waals surface area contributed by atoms with E-state index < -0.39 is 34.8 Å². The molecule has 1 heterocycles. The molecule has 4 fully saturated rings. The largest absolute Gasteiger partial charge is 0.449 e. The second-order valence-electron chi connectivity index (χ2n) is 11.0. The van der Waals surface area contributed by atoms with Crippen molar-refractivity contribution in [3.63, 3.8) is 0 Å². The quantitative estimate of drug-likeness (QED) is 0.518. The molecule has 2 atom stereocenters. The van der Waals surface area contributed by atoms with E-state index in [0.29, 0.717) is 10.6 Å². The van der Waals surface area contributed by atoms with Crippen LogP contribution in [-0.4, -0.2) is 47.4 Å². The first-order valence-corrected chi connectivity index (χ1v) is 12.0. The molecule has 5 rings (SSSR count). The molecular formula is C24H32F3N5O4. The van der Waals surface area contributed by atoms with E-state index in [9.17, 15) is 27.6 Å². The number of primary amides is 1. The highest BCUT2D eigenvalue weighted by atomic mass is 19.4. The molecule has 9 nitrogen and oxygen atoms in total. The molecule has 4 aliphatic carbocycles. The van der Waals surface area contributed by atoms with Gasteiger partial charge in [0.15, 0.2) is 5.69 Å². The fraction of sp³-hybridized carbons (Fsp3) is 0.667. The minimum absolute atomic E-state index is 0.0920. The molecule has 4 saturated carbocycles. The van der Waals surface area contributed by atoms with Gasteiger partial charge in [-0.3, -0.25) is 9.59 Å². The molecule has 4 N–H and O–H groups in total. The zero-order valence-electron chi connectivity index (χ0n) is 20.5. The number of alkyl halides is 3. The molecule has 1 aromatic rings. The smallest absolute Gasteiger partial charge is 0.434 e. The third-order valence-electron chi connectivity index (χ3n) is 7.97. The highest BCUT2D eigenvalue weighted by Gasteiger charge is 2.56. The summed E-state index contributed by atoms with van der Waals surface area (Å²) >= 11 is 0. The monoisotopic (exact) mass is 511 g/mol. The normalized spacial score (nSPS) is 29.4. The van der Waals surface area contributed by atoms with E-state index in [0.717, 1.165) is 44.5 Å². The van der Waals surface area contributed by atoms with Crippen LogP contribution < -0.4 is 16.4 Å². The summed E-state index contributed by atoms with van der Waals surface area (Å²) in [5, 5.41) is 9.12. The van der Waals surface area contributed by atoms with Crippen molar-refractivity contribution in [1.29, 1.82) is 0 Å². The van der Waals surface area contributed by atoms with Crippen LogP contribution in [0.5, 0.6) is 0 Å². The van der Waals surface area contributed by atoms with Gasteiger partial charge in [0.05, 0.1) is 23.8 Å². The predicted molar refractivity (Wildman–Crippen MR) is 123 cm³/mol. The maximum Gasteiger partial charge on any atom is 0.434 e. The molecule has 1 aromatic heterocycles. The van der Waals surface area contributed by atoms with Gasteiger partial charge in [-0.1, -0.05) is 6.08 Å². The minimum atomic E-state index is -4.84. The SMILES string of the molecule is CNC(=O)C(C)(C)C=Cn1ncc(C(=O)NC2C3CC4CC2CC(COC(N)=O)(C4)C3)c1C(F)(F)F. The highest BCUT2D eigenvalue weighted by molar-refractivity contribution is 5.95. The number of carbonyl (C=O) groups excluding carboxylic acids is 3. The number of nitrogens with two attached hydrogens (primary N) is 1. The molecule has 0 saturated heterocycles. The summed E-state index contributed by atoms with van der Waals surface area (Å²) in [7, 11) is 1.44. The zero-order valence-corrected chi connectivity index (χ0v) is 20.5. The van der Waals surface area contributed by atoms with Crippen LogP contribution in [0.4, 0.5) is 18.0 Å². The molecule has 0 aromatic carbocycles. The zero-order chi connectivity index (χ0) is 26.5. The molecule has 4 aliphatic rings. The van der Waals surface area contributed by atoms with Gasteiger partial charge in [0.2, 0.25) is 5.91 Å². The van der Waals surface area contributed by atoms with Crippen molar-refractivity contribution in [2.45, 2.75) is 58.2 Å². The Labute approximate surface area is 207 Å². The molecular weight excluding hydrogens is 479 g/mol. The Morgan fingerprint density at radius 3 is 2.42 bits per heavy atom. The van der Waals surface area contributed by atoms with Crippen molar-refractivity contribution >= 4 is 24.1 Å². The average molecular weight is 512 g/mol. The number of aromatic nitrogens is 2. The molecule has 0 aliphatic heterocycles. The standard InChI is InChI=1S/C24H32F3N5O4/c1-22(2,20(34)29-3)4-5-32-18(24(25,26)27)16(11-30-32)19(33)31-17-14-6-13-7-15(17)10-23(8-13,9-14)12-36-21(28)35/h4-5,11,13-15,17H,6-10,12H2,1-3H3,(H2,28,35)(H,29,34)(H,31,33). The van der Waals surface area contributed by atoms with Gasteiger partial charge in [-0.2, -0.15) is 18.3 Å². The molecule has 12 heteroatoms. The number of hydrogen-bond acceptors (Lipinski definition) is 5. The van der Waals surface area contributed by atoms with Crippen LogP contribution in [0.25, 0.3) is 6.20 Å². The van der Waals surface area contributed by atoms with Crippen LogP contribution in [0, 0.1) is 28.6 Å². The third-order valence-corrected chi connectivity index (χ3v) is 7.97. The Hall–Kier alpha value is -3.05. The molecule has 0 radical (unpaired) electrons. The van der Waals surface area contributed by atoms with Gasteiger partial charge in [-0.15, -0.1) is 0 Å². The lowest BCUT2D eigenvalue weighted by atomic mass is 9.48. The van der Waals surface area contributed by atoms with Gasteiger partial charge in [0.1, 0.15) is 0 Å². The number of carbonyl (C=O) groups is 3. The van der Waals surface area contributed by atoms with Crippen molar-refractivity contribution in [3.8, 4) is 0 Å². The van der Waals surface area contributed by atoms with Gasteiger partial charge in [-0.25, -0.2) is 9.48 Å². The van der Waals surface area contributed by atoms with Crippen molar-refractivity contribution in [3.05, 3.63) is 23.5 Å². The molecule has 36 heavy (non-hydrogen) atoms. The summed E-state index contributed by atoms with van der Waals surface area (Å²) in [6, 6.07) is -0.261. The first-order valence-electron chi connectivity index (χ1n) is 12.0. The number of nitrogens with one attached hydrogen (secondary N) is 2. The third kappa shape index (κ3) is 4.94. The van der Waals surface area contributed by atoms with Gasteiger partial charge < -0.3 is 21.1 Å². The first-order chi connectivity index (χ1) is 16.7.